The third-order valence-electron chi connectivity index (χ3n) is 4.11. The molecule has 0 saturated carbocycles. The van der Waals surface area contributed by atoms with Gasteiger partial charge in [0.05, 0.1) is 5.02 Å². The van der Waals surface area contributed by atoms with Crippen LogP contribution in [0.1, 0.15) is 12.5 Å². The summed E-state index contributed by atoms with van der Waals surface area (Å²) >= 11 is 6.36. The minimum absolute atomic E-state index is 0.0936. The van der Waals surface area contributed by atoms with E-state index in [2.05, 4.69) is 4.98 Å². The Hall–Kier alpha value is -2.21. The molecule has 1 unspecified atom stereocenters. The van der Waals surface area contributed by atoms with Crippen molar-refractivity contribution in [3.8, 4) is 22.9 Å². The quantitative estimate of drug-likeness (QED) is 0.852. The van der Waals surface area contributed by atoms with Crippen molar-refractivity contribution >= 4 is 17.5 Å². The number of fused-ring (bicyclic) bond motifs is 1. The van der Waals surface area contributed by atoms with E-state index in [9.17, 15) is 4.79 Å². The fourth-order valence-electron chi connectivity index (χ4n) is 2.92. The molecule has 114 valence electrons. The van der Waals surface area contributed by atoms with E-state index in [1.54, 1.807) is 17.2 Å². The topological polar surface area (TPSA) is 56.6 Å². The molecule has 7 heteroatoms. The second-order valence-corrected chi connectivity index (χ2v) is 5.81. The van der Waals surface area contributed by atoms with E-state index in [4.69, 9.17) is 21.1 Å². The van der Waals surface area contributed by atoms with E-state index in [1.165, 1.54) is 0 Å². The molecule has 1 fully saturated rings. The molecule has 6 nitrogen and oxygen atoms in total. The van der Waals surface area contributed by atoms with E-state index in [0.29, 0.717) is 22.3 Å². The van der Waals surface area contributed by atoms with Gasteiger partial charge >= 0.3 is 0 Å². The molecule has 0 radical (unpaired) electrons. The maximum absolute atomic E-state index is 12.3. The predicted molar refractivity (Wildman–Crippen MR) is 80.1 cm³/mol. The first-order chi connectivity index (χ1) is 10.6. The number of rotatable bonds is 2. The third kappa shape index (κ3) is 1.94. The van der Waals surface area contributed by atoms with Crippen LogP contribution in [0, 0.1) is 0 Å². The van der Waals surface area contributed by atoms with Crippen LogP contribution in [0.15, 0.2) is 24.5 Å². The Morgan fingerprint density at radius 1 is 1.32 bits per heavy atom. The van der Waals surface area contributed by atoms with E-state index in [-0.39, 0.29) is 18.7 Å². The molecule has 0 bridgehead atoms. The highest BCUT2D eigenvalue weighted by Gasteiger charge is 2.32. The van der Waals surface area contributed by atoms with Crippen molar-refractivity contribution in [1.82, 2.24) is 14.5 Å². The average molecular weight is 320 g/mol. The molecule has 1 amide bonds. The number of likely N-dealkylation sites (N-methyl/N-ethyl adjacent to an activating group) is 1. The molecular formula is C15H14ClN3O3. The lowest BCUT2D eigenvalue weighted by atomic mass is 10.1. The Morgan fingerprint density at radius 3 is 2.82 bits per heavy atom. The lowest BCUT2D eigenvalue weighted by molar-refractivity contribution is -0.129. The summed E-state index contributed by atoms with van der Waals surface area (Å²) in [6.45, 7) is 0.936. The Bertz CT molecular complexity index is 758. The van der Waals surface area contributed by atoms with Crippen LogP contribution in [0.5, 0.6) is 11.5 Å². The minimum Gasteiger partial charge on any atom is -0.454 e. The van der Waals surface area contributed by atoms with Crippen molar-refractivity contribution < 1.29 is 14.3 Å². The van der Waals surface area contributed by atoms with Gasteiger partial charge in [-0.25, -0.2) is 4.98 Å². The molecule has 2 aliphatic rings. The fourth-order valence-corrected chi connectivity index (χ4v) is 3.16. The normalized spacial score (nSPS) is 20.0. The summed E-state index contributed by atoms with van der Waals surface area (Å²) in [7, 11) is 1.81. The molecule has 1 saturated heterocycles. The summed E-state index contributed by atoms with van der Waals surface area (Å²) in [5.74, 6) is 2.03. The molecule has 3 heterocycles. The van der Waals surface area contributed by atoms with Gasteiger partial charge in [0, 0.05) is 37.6 Å². The van der Waals surface area contributed by atoms with Crippen molar-refractivity contribution in [2.75, 3.05) is 20.4 Å². The van der Waals surface area contributed by atoms with Crippen LogP contribution in [-0.4, -0.2) is 40.7 Å². The number of imidazole rings is 1. The van der Waals surface area contributed by atoms with Gasteiger partial charge in [0.15, 0.2) is 11.5 Å². The largest absolute Gasteiger partial charge is 0.454 e. The van der Waals surface area contributed by atoms with Gasteiger partial charge in [-0.2, -0.15) is 0 Å². The zero-order chi connectivity index (χ0) is 15.3. The first kappa shape index (κ1) is 13.5. The molecule has 1 aromatic heterocycles. The van der Waals surface area contributed by atoms with Crippen LogP contribution >= 0.6 is 11.6 Å². The Balaban J connectivity index is 1.79. The van der Waals surface area contributed by atoms with Gasteiger partial charge in [0.25, 0.3) is 0 Å². The van der Waals surface area contributed by atoms with Gasteiger partial charge in [-0.15, -0.1) is 0 Å². The van der Waals surface area contributed by atoms with E-state index in [0.717, 1.165) is 18.5 Å². The van der Waals surface area contributed by atoms with Gasteiger partial charge in [0.2, 0.25) is 12.7 Å². The van der Waals surface area contributed by atoms with E-state index in [1.807, 2.05) is 23.9 Å². The highest BCUT2D eigenvalue weighted by atomic mass is 35.5. The number of carbonyl (C=O) groups excluding carboxylic acids is 1. The molecule has 0 spiro atoms. The number of hydrogen-bond acceptors (Lipinski definition) is 4. The minimum atomic E-state index is -0.232. The van der Waals surface area contributed by atoms with Crippen LogP contribution in [-0.2, 0) is 4.79 Å². The van der Waals surface area contributed by atoms with Crippen molar-refractivity contribution in [2.24, 2.45) is 0 Å². The first-order valence-corrected chi connectivity index (χ1v) is 7.40. The molecule has 22 heavy (non-hydrogen) atoms. The SMILES string of the molecule is CN1CCC(n2ccnc2-c2cc3c(cc2Cl)OCO3)C1=O. The standard InChI is InChI=1S/C15H14ClN3O3/c1-18-4-2-11(15(18)20)19-5-3-17-14(19)9-6-12-13(7-10(9)16)22-8-21-12/h3,5-7,11H,2,4,8H2,1H3. The van der Waals surface area contributed by atoms with Crippen LogP contribution < -0.4 is 9.47 Å². The smallest absolute Gasteiger partial charge is 0.245 e. The molecular weight excluding hydrogens is 306 g/mol. The van der Waals surface area contributed by atoms with Gasteiger partial charge in [-0.3, -0.25) is 4.79 Å². The summed E-state index contributed by atoms with van der Waals surface area (Å²) in [5.41, 5.74) is 0.735. The third-order valence-corrected chi connectivity index (χ3v) is 4.42. The summed E-state index contributed by atoms with van der Waals surface area (Å²) in [4.78, 5) is 18.4. The monoisotopic (exact) mass is 319 g/mol. The van der Waals surface area contributed by atoms with Crippen molar-refractivity contribution in [3.63, 3.8) is 0 Å². The number of benzene rings is 1. The maximum Gasteiger partial charge on any atom is 0.245 e. The molecule has 2 aromatic rings. The second kappa shape index (κ2) is 4.91. The summed E-state index contributed by atoms with van der Waals surface area (Å²) in [6, 6.07) is 3.30. The zero-order valence-corrected chi connectivity index (χ0v) is 12.7. The number of halogens is 1. The van der Waals surface area contributed by atoms with Crippen molar-refractivity contribution in [1.29, 1.82) is 0 Å². The number of nitrogens with zero attached hydrogens (tertiary/aromatic N) is 3. The second-order valence-electron chi connectivity index (χ2n) is 5.41. The van der Waals surface area contributed by atoms with Gasteiger partial charge in [-0.1, -0.05) is 11.6 Å². The first-order valence-electron chi connectivity index (χ1n) is 7.02. The predicted octanol–water partition coefficient (Wildman–Crippen LogP) is 2.34. The number of carbonyl (C=O) groups is 1. The van der Waals surface area contributed by atoms with Crippen LogP contribution in [0.4, 0.5) is 0 Å². The average Bonchev–Trinajstić information content (AvgIpc) is 3.20. The summed E-state index contributed by atoms with van der Waals surface area (Å²) < 4.78 is 12.6. The molecule has 0 N–H and O–H groups in total. The van der Waals surface area contributed by atoms with E-state index >= 15 is 0 Å². The van der Waals surface area contributed by atoms with E-state index < -0.39 is 0 Å². The highest BCUT2D eigenvalue weighted by Crippen LogP contribution is 2.41. The Labute approximate surface area is 132 Å². The number of likely N-dealkylation sites (tertiary alicyclic amines) is 1. The van der Waals surface area contributed by atoms with Crippen LogP contribution in [0.2, 0.25) is 5.02 Å². The van der Waals surface area contributed by atoms with Crippen LogP contribution in [0.3, 0.4) is 0 Å². The molecule has 2 aliphatic heterocycles. The molecule has 1 aromatic carbocycles. The summed E-state index contributed by atoms with van der Waals surface area (Å²) in [6.07, 6.45) is 4.26. The number of amides is 1. The fraction of sp³-hybridized carbons (Fsp3) is 0.333. The van der Waals surface area contributed by atoms with Crippen molar-refractivity contribution in [3.05, 3.63) is 29.5 Å². The summed E-state index contributed by atoms with van der Waals surface area (Å²) in [5, 5.41) is 0.524. The van der Waals surface area contributed by atoms with Gasteiger partial charge in [-0.05, 0) is 12.5 Å². The number of ether oxygens (including phenoxy) is 2. The maximum atomic E-state index is 12.3. The number of aromatic nitrogens is 2. The lowest BCUT2D eigenvalue weighted by Gasteiger charge is -2.15. The molecule has 1 atom stereocenters. The number of hydrogen-bond donors (Lipinski definition) is 0. The Morgan fingerprint density at radius 2 is 2.09 bits per heavy atom. The molecule has 4 rings (SSSR count). The van der Waals surface area contributed by atoms with Gasteiger partial charge < -0.3 is 18.9 Å². The highest BCUT2D eigenvalue weighted by molar-refractivity contribution is 6.33. The Kier molecular flexibility index (Phi) is 3.00. The lowest BCUT2D eigenvalue weighted by Crippen LogP contribution is -2.24. The van der Waals surface area contributed by atoms with Gasteiger partial charge in [0.1, 0.15) is 11.9 Å². The van der Waals surface area contributed by atoms with Crippen LogP contribution in [0.25, 0.3) is 11.4 Å². The zero-order valence-electron chi connectivity index (χ0n) is 12.0. The van der Waals surface area contributed by atoms with Crippen molar-refractivity contribution in [2.45, 2.75) is 12.5 Å². The molecule has 0 aliphatic carbocycles.